The Kier molecular flexibility index (Phi) is 4.18. The molecule has 0 bridgehead atoms. The van der Waals surface area contributed by atoms with Crippen molar-refractivity contribution in [3.63, 3.8) is 0 Å². The average molecular weight is 325 g/mol. The Labute approximate surface area is 139 Å². The number of fused-ring (bicyclic) bond motifs is 1. The van der Waals surface area contributed by atoms with Crippen molar-refractivity contribution in [2.24, 2.45) is 0 Å². The number of carboxylic acid groups (broad SMARTS) is 1. The molecule has 3 nitrogen and oxygen atoms in total. The van der Waals surface area contributed by atoms with Gasteiger partial charge in [-0.2, -0.15) is 0 Å². The van der Waals surface area contributed by atoms with E-state index in [1.807, 2.05) is 24.5 Å². The number of H-pyrrole nitrogens is 1. The molecule has 23 heavy (non-hydrogen) atoms. The summed E-state index contributed by atoms with van der Waals surface area (Å²) in [6.45, 7) is 4.14. The highest BCUT2D eigenvalue weighted by molar-refractivity contribution is 7.98. The Balaban J connectivity index is 2.25. The van der Waals surface area contributed by atoms with E-state index in [0.717, 1.165) is 27.7 Å². The number of aryl methyl sites for hydroxylation is 2. The Bertz CT molecular complexity index is 879. The zero-order chi connectivity index (χ0) is 16.6. The fourth-order valence-corrected chi connectivity index (χ4v) is 3.31. The van der Waals surface area contributed by atoms with Gasteiger partial charge in [0.05, 0.1) is 12.1 Å². The van der Waals surface area contributed by atoms with Gasteiger partial charge < -0.3 is 10.1 Å². The van der Waals surface area contributed by atoms with Crippen LogP contribution >= 0.6 is 11.8 Å². The molecule has 0 aliphatic carbocycles. The van der Waals surface area contributed by atoms with Gasteiger partial charge in [0.25, 0.3) is 0 Å². The zero-order valence-corrected chi connectivity index (χ0v) is 14.3. The number of hydrogen-bond acceptors (Lipinski definition) is 2. The maximum atomic E-state index is 11.3. The molecule has 0 spiro atoms. The van der Waals surface area contributed by atoms with Crippen molar-refractivity contribution in [3.8, 4) is 11.3 Å². The molecule has 0 amide bonds. The molecule has 1 heterocycles. The lowest BCUT2D eigenvalue weighted by Gasteiger charge is -2.04. The van der Waals surface area contributed by atoms with Crippen molar-refractivity contribution in [1.82, 2.24) is 4.98 Å². The molecule has 4 heteroatoms. The first-order chi connectivity index (χ1) is 11.0. The maximum Gasteiger partial charge on any atom is 0.307 e. The summed E-state index contributed by atoms with van der Waals surface area (Å²) in [5.41, 5.74) is 6.18. The van der Waals surface area contributed by atoms with E-state index >= 15 is 0 Å². The first-order valence-electron chi connectivity index (χ1n) is 7.48. The van der Waals surface area contributed by atoms with Crippen molar-refractivity contribution >= 4 is 28.6 Å². The molecular weight excluding hydrogens is 306 g/mol. The molecule has 0 aliphatic rings. The van der Waals surface area contributed by atoms with Gasteiger partial charge in [-0.1, -0.05) is 24.3 Å². The van der Waals surface area contributed by atoms with Crippen LogP contribution < -0.4 is 0 Å². The van der Waals surface area contributed by atoms with E-state index in [9.17, 15) is 9.90 Å². The molecule has 0 saturated carbocycles. The van der Waals surface area contributed by atoms with Gasteiger partial charge in [0.2, 0.25) is 0 Å². The van der Waals surface area contributed by atoms with Crippen molar-refractivity contribution in [2.75, 3.05) is 6.26 Å². The number of benzene rings is 2. The van der Waals surface area contributed by atoms with Crippen LogP contribution in [0.4, 0.5) is 0 Å². The summed E-state index contributed by atoms with van der Waals surface area (Å²) in [5, 5.41) is 10.3. The largest absolute Gasteiger partial charge is 0.481 e. The minimum atomic E-state index is -0.814. The van der Waals surface area contributed by atoms with Gasteiger partial charge in [-0.3, -0.25) is 4.79 Å². The van der Waals surface area contributed by atoms with E-state index < -0.39 is 5.97 Å². The van der Waals surface area contributed by atoms with E-state index in [1.165, 1.54) is 16.0 Å². The van der Waals surface area contributed by atoms with Crippen molar-refractivity contribution < 1.29 is 9.90 Å². The van der Waals surface area contributed by atoms with Gasteiger partial charge in [-0.25, -0.2) is 0 Å². The highest BCUT2D eigenvalue weighted by atomic mass is 32.2. The van der Waals surface area contributed by atoms with E-state index in [0.29, 0.717) is 0 Å². The molecule has 0 fully saturated rings. The second-order valence-electron chi connectivity index (χ2n) is 5.71. The summed E-state index contributed by atoms with van der Waals surface area (Å²) in [7, 11) is 0. The van der Waals surface area contributed by atoms with Crippen LogP contribution in [0.2, 0.25) is 0 Å². The minimum Gasteiger partial charge on any atom is -0.481 e. The van der Waals surface area contributed by atoms with Crippen LogP contribution in [0, 0.1) is 13.8 Å². The summed E-state index contributed by atoms with van der Waals surface area (Å²) in [6.07, 6.45) is 2.06. The number of hydrogen-bond donors (Lipinski definition) is 2. The number of thioether (sulfide) groups is 1. The summed E-state index contributed by atoms with van der Waals surface area (Å²) in [6, 6.07) is 12.3. The first-order valence-corrected chi connectivity index (χ1v) is 8.70. The third-order valence-electron chi connectivity index (χ3n) is 4.32. The number of rotatable bonds is 4. The van der Waals surface area contributed by atoms with E-state index in [4.69, 9.17) is 0 Å². The molecule has 2 N–H and O–H groups in total. The topological polar surface area (TPSA) is 53.1 Å². The Morgan fingerprint density at radius 2 is 1.83 bits per heavy atom. The molecule has 0 aliphatic heterocycles. The predicted octanol–water partition coefficient (Wildman–Crippen LogP) is 4.80. The normalized spacial score (nSPS) is 11.1. The molecule has 118 valence electrons. The predicted molar refractivity (Wildman–Crippen MR) is 96.3 cm³/mol. The van der Waals surface area contributed by atoms with Crippen LogP contribution in [0.25, 0.3) is 22.2 Å². The summed E-state index contributed by atoms with van der Waals surface area (Å²) in [4.78, 5) is 16.0. The molecule has 0 radical (unpaired) electrons. The highest BCUT2D eigenvalue weighted by Gasteiger charge is 2.17. The summed E-state index contributed by atoms with van der Waals surface area (Å²) in [5.74, 6) is -0.814. The van der Waals surface area contributed by atoms with Gasteiger partial charge in [0.15, 0.2) is 0 Å². The lowest BCUT2D eigenvalue weighted by Crippen LogP contribution is -2.01. The van der Waals surface area contributed by atoms with Crippen molar-refractivity contribution in [3.05, 3.63) is 53.1 Å². The highest BCUT2D eigenvalue weighted by Crippen LogP contribution is 2.34. The third-order valence-corrected chi connectivity index (χ3v) is 5.06. The van der Waals surface area contributed by atoms with Crippen LogP contribution in [-0.2, 0) is 11.2 Å². The number of aromatic nitrogens is 1. The molecule has 1 aromatic heterocycles. The van der Waals surface area contributed by atoms with Crippen molar-refractivity contribution in [2.45, 2.75) is 25.2 Å². The van der Waals surface area contributed by atoms with Gasteiger partial charge >= 0.3 is 5.97 Å². The minimum absolute atomic E-state index is 0.0160. The van der Waals surface area contributed by atoms with Crippen LogP contribution in [0.15, 0.2) is 41.3 Å². The molecule has 0 saturated heterocycles. The molecule has 3 aromatic rings. The fraction of sp³-hybridized carbons (Fsp3) is 0.211. The van der Waals surface area contributed by atoms with Crippen LogP contribution in [0.5, 0.6) is 0 Å². The molecule has 2 aromatic carbocycles. The van der Waals surface area contributed by atoms with Crippen LogP contribution in [0.1, 0.15) is 16.7 Å². The zero-order valence-electron chi connectivity index (χ0n) is 13.4. The number of aliphatic carboxylic acids is 1. The maximum absolute atomic E-state index is 11.3. The Morgan fingerprint density at radius 3 is 2.43 bits per heavy atom. The van der Waals surface area contributed by atoms with Crippen LogP contribution in [-0.4, -0.2) is 22.3 Å². The molecule has 0 atom stereocenters. The average Bonchev–Trinajstić information content (AvgIpc) is 2.90. The van der Waals surface area contributed by atoms with E-state index in [2.05, 4.69) is 37.0 Å². The molecular formula is C19H19NO2S. The smallest absolute Gasteiger partial charge is 0.307 e. The van der Waals surface area contributed by atoms with E-state index in [1.54, 1.807) is 11.8 Å². The van der Waals surface area contributed by atoms with Crippen molar-refractivity contribution in [1.29, 1.82) is 0 Å². The number of nitrogens with one attached hydrogen (secondary N) is 1. The SMILES string of the molecule is CSc1ccc(-c2[nH]c3c(C)c(C)ccc3c2CC(=O)O)cc1. The summed E-state index contributed by atoms with van der Waals surface area (Å²) < 4.78 is 0. The van der Waals surface area contributed by atoms with Gasteiger partial charge in [0, 0.05) is 15.8 Å². The quantitative estimate of drug-likeness (QED) is 0.677. The third kappa shape index (κ3) is 2.86. The van der Waals surface area contributed by atoms with Gasteiger partial charge in [-0.15, -0.1) is 11.8 Å². The Hall–Kier alpha value is -2.20. The summed E-state index contributed by atoms with van der Waals surface area (Å²) >= 11 is 1.69. The molecule has 0 unspecified atom stereocenters. The number of carboxylic acids is 1. The van der Waals surface area contributed by atoms with Gasteiger partial charge in [-0.05, 0) is 54.5 Å². The molecule has 3 rings (SSSR count). The standard InChI is InChI=1S/C19H19NO2S/c1-11-4-9-15-16(10-17(21)22)19(20-18(15)12(11)2)13-5-7-14(23-3)8-6-13/h4-9,20H,10H2,1-3H3,(H,21,22). The fourth-order valence-electron chi connectivity index (χ4n) is 2.90. The first kappa shape index (κ1) is 15.7. The van der Waals surface area contributed by atoms with Crippen LogP contribution in [0.3, 0.4) is 0 Å². The van der Waals surface area contributed by atoms with E-state index in [-0.39, 0.29) is 6.42 Å². The Morgan fingerprint density at radius 1 is 1.13 bits per heavy atom. The second-order valence-corrected chi connectivity index (χ2v) is 6.59. The number of carbonyl (C=O) groups is 1. The monoisotopic (exact) mass is 325 g/mol. The lowest BCUT2D eigenvalue weighted by molar-refractivity contribution is -0.136. The lowest BCUT2D eigenvalue weighted by atomic mass is 10.0. The number of aromatic amines is 1. The second kappa shape index (κ2) is 6.13. The van der Waals surface area contributed by atoms with Gasteiger partial charge in [0.1, 0.15) is 0 Å².